The molecule has 0 aliphatic heterocycles. The second-order valence-corrected chi connectivity index (χ2v) is 9.52. The van der Waals surface area contributed by atoms with Gasteiger partial charge in [-0.3, -0.25) is 0 Å². The standard InChI is InChI=1S/C33H40O6/c1-4-6-8-10-23-36-27-19-21-29(22-20-27)38-32(34)26-15-17-28(18-16-26)39-33(35)30-13-12-14-31(25(30)3)37-24-11-9-7-5-2/h12-22H,4-11,23-24H2,1-3H3. The van der Waals surface area contributed by atoms with Crippen molar-refractivity contribution in [3.63, 3.8) is 0 Å². The van der Waals surface area contributed by atoms with Gasteiger partial charge in [-0.25, -0.2) is 9.59 Å². The maximum absolute atomic E-state index is 12.8. The number of benzene rings is 3. The van der Waals surface area contributed by atoms with Gasteiger partial charge in [0.2, 0.25) is 0 Å². The molecule has 3 aromatic carbocycles. The summed E-state index contributed by atoms with van der Waals surface area (Å²) >= 11 is 0. The average molecular weight is 533 g/mol. The van der Waals surface area contributed by atoms with Crippen molar-refractivity contribution in [3.8, 4) is 23.0 Å². The van der Waals surface area contributed by atoms with Crippen molar-refractivity contribution in [2.75, 3.05) is 13.2 Å². The summed E-state index contributed by atoms with van der Waals surface area (Å²) in [4.78, 5) is 25.4. The van der Waals surface area contributed by atoms with Gasteiger partial charge in [0.05, 0.1) is 24.3 Å². The van der Waals surface area contributed by atoms with Gasteiger partial charge < -0.3 is 18.9 Å². The second-order valence-electron chi connectivity index (χ2n) is 9.52. The monoisotopic (exact) mass is 532 g/mol. The highest BCUT2D eigenvalue weighted by molar-refractivity contribution is 5.94. The van der Waals surface area contributed by atoms with E-state index in [0.29, 0.717) is 41.6 Å². The Morgan fingerprint density at radius 1 is 0.590 bits per heavy atom. The lowest BCUT2D eigenvalue weighted by Crippen LogP contribution is -2.12. The fourth-order valence-electron chi connectivity index (χ4n) is 4.01. The third-order valence-electron chi connectivity index (χ3n) is 6.36. The van der Waals surface area contributed by atoms with Crippen LogP contribution in [0.15, 0.2) is 66.7 Å². The fourth-order valence-corrected chi connectivity index (χ4v) is 4.01. The molecule has 0 fully saturated rings. The SMILES string of the molecule is CCCCCCOc1ccc(OC(=O)c2ccc(OC(=O)c3cccc(OCCCCCC)c3C)cc2)cc1. The van der Waals surface area contributed by atoms with Gasteiger partial charge in [-0.05, 0) is 80.4 Å². The maximum atomic E-state index is 12.8. The van der Waals surface area contributed by atoms with Gasteiger partial charge in [0, 0.05) is 5.56 Å². The van der Waals surface area contributed by atoms with Crippen molar-refractivity contribution < 1.29 is 28.5 Å². The molecule has 0 unspecified atom stereocenters. The molecule has 0 aliphatic rings. The first-order chi connectivity index (χ1) is 19.0. The highest BCUT2D eigenvalue weighted by Gasteiger charge is 2.16. The zero-order chi connectivity index (χ0) is 27.9. The molecule has 0 aliphatic carbocycles. The number of carbonyl (C=O) groups is 2. The van der Waals surface area contributed by atoms with Gasteiger partial charge in [0.15, 0.2) is 0 Å². The topological polar surface area (TPSA) is 71.1 Å². The Morgan fingerprint density at radius 2 is 1.13 bits per heavy atom. The van der Waals surface area contributed by atoms with E-state index in [-0.39, 0.29) is 0 Å². The molecule has 0 saturated carbocycles. The Morgan fingerprint density at radius 3 is 1.74 bits per heavy atom. The lowest BCUT2D eigenvalue weighted by molar-refractivity contribution is 0.0729. The van der Waals surface area contributed by atoms with Crippen LogP contribution in [0.1, 0.15) is 91.5 Å². The highest BCUT2D eigenvalue weighted by atomic mass is 16.5. The number of hydrogen-bond donors (Lipinski definition) is 0. The summed E-state index contributed by atoms with van der Waals surface area (Å²) in [7, 11) is 0. The predicted molar refractivity (Wildman–Crippen MR) is 153 cm³/mol. The van der Waals surface area contributed by atoms with E-state index in [1.807, 2.05) is 13.0 Å². The van der Waals surface area contributed by atoms with Crippen molar-refractivity contribution in [1.82, 2.24) is 0 Å². The normalized spacial score (nSPS) is 10.6. The minimum Gasteiger partial charge on any atom is -0.494 e. The smallest absolute Gasteiger partial charge is 0.343 e. The van der Waals surface area contributed by atoms with E-state index < -0.39 is 11.9 Å². The largest absolute Gasteiger partial charge is 0.494 e. The van der Waals surface area contributed by atoms with Crippen molar-refractivity contribution in [2.45, 2.75) is 72.1 Å². The molecule has 39 heavy (non-hydrogen) atoms. The highest BCUT2D eigenvalue weighted by Crippen LogP contribution is 2.24. The molecule has 6 nitrogen and oxygen atoms in total. The number of rotatable bonds is 16. The molecule has 208 valence electrons. The Hall–Kier alpha value is -3.80. The third kappa shape index (κ3) is 9.78. The molecule has 0 N–H and O–H groups in total. The number of ether oxygens (including phenoxy) is 4. The molecular weight excluding hydrogens is 492 g/mol. The summed E-state index contributed by atoms with van der Waals surface area (Å²) in [6, 6.07) is 18.7. The van der Waals surface area contributed by atoms with Crippen molar-refractivity contribution >= 4 is 11.9 Å². The lowest BCUT2D eigenvalue weighted by Gasteiger charge is -2.12. The molecule has 0 aromatic heterocycles. The van der Waals surface area contributed by atoms with Gasteiger partial charge in [-0.15, -0.1) is 0 Å². The molecule has 0 atom stereocenters. The van der Waals surface area contributed by atoms with Crippen LogP contribution < -0.4 is 18.9 Å². The zero-order valence-electron chi connectivity index (χ0n) is 23.4. The summed E-state index contributed by atoms with van der Waals surface area (Å²) in [6.45, 7) is 7.50. The second kappa shape index (κ2) is 16.2. The van der Waals surface area contributed by atoms with E-state index in [1.54, 1.807) is 60.7 Å². The van der Waals surface area contributed by atoms with E-state index in [2.05, 4.69) is 13.8 Å². The Balaban J connectivity index is 1.50. The summed E-state index contributed by atoms with van der Waals surface area (Å²) < 4.78 is 22.6. The van der Waals surface area contributed by atoms with Crippen LogP contribution >= 0.6 is 0 Å². The fraction of sp³-hybridized carbons (Fsp3) is 0.394. The molecule has 0 amide bonds. The van der Waals surface area contributed by atoms with Gasteiger partial charge in [-0.1, -0.05) is 58.4 Å². The van der Waals surface area contributed by atoms with E-state index >= 15 is 0 Å². The first kappa shape index (κ1) is 29.8. The van der Waals surface area contributed by atoms with Crippen molar-refractivity contribution in [2.24, 2.45) is 0 Å². The molecule has 0 spiro atoms. The Labute approximate surface area is 232 Å². The molecular formula is C33H40O6. The number of esters is 2. The lowest BCUT2D eigenvalue weighted by atomic mass is 10.1. The Kier molecular flexibility index (Phi) is 12.4. The molecule has 0 heterocycles. The first-order valence-electron chi connectivity index (χ1n) is 14.0. The molecule has 3 aromatic rings. The summed E-state index contributed by atoms with van der Waals surface area (Å²) in [5.41, 5.74) is 1.53. The van der Waals surface area contributed by atoms with Crippen LogP contribution in [0, 0.1) is 6.92 Å². The van der Waals surface area contributed by atoms with Gasteiger partial charge in [-0.2, -0.15) is 0 Å². The minimum atomic E-state index is -0.499. The van der Waals surface area contributed by atoms with Crippen molar-refractivity contribution in [1.29, 1.82) is 0 Å². The minimum absolute atomic E-state index is 0.335. The Bertz CT molecular complexity index is 1170. The molecule has 3 rings (SSSR count). The quantitative estimate of drug-likeness (QED) is 0.105. The van der Waals surface area contributed by atoms with Crippen LogP contribution in [0.25, 0.3) is 0 Å². The predicted octanol–water partition coefficient (Wildman–Crippen LogP) is 8.35. The van der Waals surface area contributed by atoms with Crippen LogP contribution in [0.3, 0.4) is 0 Å². The van der Waals surface area contributed by atoms with E-state index in [4.69, 9.17) is 18.9 Å². The van der Waals surface area contributed by atoms with Gasteiger partial charge in [0.1, 0.15) is 23.0 Å². The summed E-state index contributed by atoms with van der Waals surface area (Å²) in [5.74, 6) is 1.22. The average Bonchev–Trinajstić information content (AvgIpc) is 2.95. The van der Waals surface area contributed by atoms with Crippen LogP contribution in [0.2, 0.25) is 0 Å². The molecule has 0 radical (unpaired) electrons. The van der Waals surface area contributed by atoms with E-state index in [0.717, 1.165) is 37.0 Å². The zero-order valence-corrected chi connectivity index (χ0v) is 23.4. The van der Waals surface area contributed by atoms with Crippen LogP contribution in [0.5, 0.6) is 23.0 Å². The van der Waals surface area contributed by atoms with E-state index in [9.17, 15) is 9.59 Å². The molecule has 0 bridgehead atoms. The number of unbranched alkanes of at least 4 members (excludes halogenated alkanes) is 6. The summed E-state index contributed by atoms with van der Waals surface area (Å²) in [5, 5.41) is 0. The van der Waals surface area contributed by atoms with Gasteiger partial charge in [0.25, 0.3) is 0 Å². The van der Waals surface area contributed by atoms with Crippen molar-refractivity contribution in [3.05, 3.63) is 83.4 Å². The van der Waals surface area contributed by atoms with E-state index in [1.165, 1.54) is 25.7 Å². The third-order valence-corrected chi connectivity index (χ3v) is 6.36. The number of hydrogen-bond acceptors (Lipinski definition) is 6. The van der Waals surface area contributed by atoms with Crippen LogP contribution in [-0.4, -0.2) is 25.2 Å². The first-order valence-corrected chi connectivity index (χ1v) is 14.0. The van der Waals surface area contributed by atoms with Gasteiger partial charge >= 0.3 is 11.9 Å². The molecule has 6 heteroatoms. The van der Waals surface area contributed by atoms with Crippen LogP contribution in [0.4, 0.5) is 0 Å². The summed E-state index contributed by atoms with van der Waals surface area (Å²) in [6.07, 6.45) is 9.05. The maximum Gasteiger partial charge on any atom is 0.343 e. The molecule has 0 saturated heterocycles. The van der Waals surface area contributed by atoms with Crippen LogP contribution in [-0.2, 0) is 0 Å². The number of carbonyl (C=O) groups excluding carboxylic acids is 2.